The van der Waals surface area contributed by atoms with Gasteiger partial charge in [0.1, 0.15) is 0 Å². The first-order chi connectivity index (χ1) is 4.74. The highest BCUT2D eigenvalue weighted by Gasteiger charge is 2.06. The molecule has 0 bridgehead atoms. The van der Waals surface area contributed by atoms with Crippen LogP contribution in [0, 0.1) is 0 Å². The van der Waals surface area contributed by atoms with Crippen LogP contribution in [0.2, 0.25) is 0 Å². The van der Waals surface area contributed by atoms with Gasteiger partial charge in [0.15, 0.2) is 0 Å². The summed E-state index contributed by atoms with van der Waals surface area (Å²) in [5, 5.41) is 20.4. The molecule has 0 saturated carbocycles. The standard InChI is InChI=1S/C7H17NO2/c1-3-6(2)8-7(4-9)5-10/h6-10H,3-5H2,1-2H3. The molecule has 62 valence electrons. The van der Waals surface area contributed by atoms with Gasteiger partial charge in [-0.3, -0.25) is 0 Å². The van der Waals surface area contributed by atoms with Gasteiger partial charge < -0.3 is 15.5 Å². The molecule has 0 rings (SSSR count). The van der Waals surface area contributed by atoms with Crippen LogP contribution in [0.25, 0.3) is 0 Å². The van der Waals surface area contributed by atoms with Crippen molar-refractivity contribution in [2.24, 2.45) is 0 Å². The van der Waals surface area contributed by atoms with Gasteiger partial charge in [0, 0.05) is 6.04 Å². The molecule has 0 aromatic carbocycles. The molecule has 0 aliphatic rings. The lowest BCUT2D eigenvalue weighted by molar-refractivity contribution is 0.163. The minimum absolute atomic E-state index is 0.000833. The Balaban J connectivity index is 3.41. The van der Waals surface area contributed by atoms with E-state index in [2.05, 4.69) is 12.2 Å². The van der Waals surface area contributed by atoms with Crippen molar-refractivity contribution in [1.82, 2.24) is 5.32 Å². The number of rotatable bonds is 5. The Labute approximate surface area is 62.1 Å². The molecule has 0 saturated heterocycles. The summed E-state index contributed by atoms with van der Waals surface area (Å²) in [5.41, 5.74) is 0. The molecule has 0 fully saturated rings. The van der Waals surface area contributed by atoms with E-state index < -0.39 is 0 Å². The van der Waals surface area contributed by atoms with Gasteiger partial charge in [-0.1, -0.05) is 6.92 Å². The summed E-state index contributed by atoms with van der Waals surface area (Å²) in [7, 11) is 0. The van der Waals surface area contributed by atoms with Crippen molar-refractivity contribution in [1.29, 1.82) is 0 Å². The average molecular weight is 147 g/mol. The zero-order chi connectivity index (χ0) is 7.98. The molecule has 3 heteroatoms. The lowest BCUT2D eigenvalue weighted by Gasteiger charge is -2.17. The lowest BCUT2D eigenvalue weighted by Crippen LogP contribution is -2.41. The van der Waals surface area contributed by atoms with E-state index in [1.807, 2.05) is 6.92 Å². The minimum Gasteiger partial charge on any atom is -0.395 e. The van der Waals surface area contributed by atoms with Gasteiger partial charge in [0.25, 0.3) is 0 Å². The maximum absolute atomic E-state index is 8.65. The second-order valence-electron chi connectivity index (χ2n) is 2.54. The van der Waals surface area contributed by atoms with Crippen molar-refractivity contribution < 1.29 is 10.2 Å². The van der Waals surface area contributed by atoms with Crippen molar-refractivity contribution >= 4 is 0 Å². The normalized spacial score (nSPS) is 14.1. The maximum Gasteiger partial charge on any atom is 0.0607 e. The molecule has 1 atom stereocenters. The SMILES string of the molecule is CCC(C)NC(CO)CO. The summed E-state index contributed by atoms with van der Waals surface area (Å²) in [6.45, 7) is 4.09. The third-order valence-electron chi connectivity index (χ3n) is 1.57. The number of hydrogen-bond donors (Lipinski definition) is 3. The first kappa shape index (κ1) is 9.88. The Morgan fingerprint density at radius 3 is 2.10 bits per heavy atom. The van der Waals surface area contributed by atoms with Gasteiger partial charge in [-0.25, -0.2) is 0 Å². The smallest absolute Gasteiger partial charge is 0.0607 e. The van der Waals surface area contributed by atoms with Crippen LogP contribution in [-0.4, -0.2) is 35.5 Å². The second kappa shape index (κ2) is 5.65. The fourth-order valence-corrected chi connectivity index (χ4v) is 0.683. The molecular formula is C7H17NO2. The first-order valence-corrected chi connectivity index (χ1v) is 3.72. The Morgan fingerprint density at radius 1 is 1.30 bits per heavy atom. The summed E-state index contributed by atoms with van der Waals surface area (Å²) in [5.74, 6) is 0. The predicted molar refractivity (Wildman–Crippen MR) is 40.8 cm³/mol. The molecule has 1 unspecified atom stereocenters. The summed E-state index contributed by atoms with van der Waals surface area (Å²) >= 11 is 0. The fourth-order valence-electron chi connectivity index (χ4n) is 0.683. The summed E-state index contributed by atoms with van der Waals surface area (Å²) in [4.78, 5) is 0. The Hall–Kier alpha value is -0.120. The van der Waals surface area contributed by atoms with Crippen LogP contribution >= 0.6 is 0 Å². The van der Waals surface area contributed by atoms with Crippen LogP contribution in [-0.2, 0) is 0 Å². The van der Waals surface area contributed by atoms with E-state index in [9.17, 15) is 0 Å². The zero-order valence-corrected chi connectivity index (χ0v) is 6.67. The van der Waals surface area contributed by atoms with Gasteiger partial charge in [-0.2, -0.15) is 0 Å². The molecule has 0 aromatic rings. The molecule has 0 aromatic heterocycles. The quantitative estimate of drug-likeness (QED) is 0.501. The third kappa shape index (κ3) is 3.82. The molecule has 3 nitrogen and oxygen atoms in total. The fraction of sp³-hybridized carbons (Fsp3) is 1.00. The van der Waals surface area contributed by atoms with Crippen LogP contribution in [0.1, 0.15) is 20.3 Å². The van der Waals surface area contributed by atoms with Crippen molar-refractivity contribution in [3.05, 3.63) is 0 Å². The molecule has 0 spiro atoms. The third-order valence-corrected chi connectivity index (χ3v) is 1.57. The monoisotopic (exact) mass is 147 g/mol. The highest BCUT2D eigenvalue weighted by molar-refractivity contribution is 4.67. The van der Waals surface area contributed by atoms with Crippen LogP contribution in [0.15, 0.2) is 0 Å². The second-order valence-corrected chi connectivity index (χ2v) is 2.54. The number of aliphatic hydroxyl groups excluding tert-OH is 2. The summed E-state index contributed by atoms with van der Waals surface area (Å²) < 4.78 is 0. The van der Waals surface area contributed by atoms with Crippen molar-refractivity contribution in [3.8, 4) is 0 Å². The average Bonchev–Trinajstić information content (AvgIpc) is 1.99. The Bertz CT molecular complexity index is 74.0. The van der Waals surface area contributed by atoms with Crippen LogP contribution < -0.4 is 5.32 Å². The maximum atomic E-state index is 8.65. The molecule has 0 aliphatic carbocycles. The largest absolute Gasteiger partial charge is 0.395 e. The van der Waals surface area contributed by atoms with E-state index in [0.717, 1.165) is 6.42 Å². The van der Waals surface area contributed by atoms with Gasteiger partial charge in [0.05, 0.1) is 19.3 Å². The van der Waals surface area contributed by atoms with E-state index in [4.69, 9.17) is 10.2 Å². The van der Waals surface area contributed by atoms with Crippen molar-refractivity contribution in [2.75, 3.05) is 13.2 Å². The summed E-state index contributed by atoms with van der Waals surface area (Å²) in [6, 6.07) is 0.208. The van der Waals surface area contributed by atoms with Gasteiger partial charge >= 0.3 is 0 Å². The highest BCUT2D eigenvalue weighted by atomic mass is 16.3. The minimum atomic E-state index is -0.157. The van der Waals surface area contributed by atoms with Crippen molar-refractivity contribution in [3.63, 3.8) is 0 Å². The molecule has 0 amide bonds. The lowest BCUT2D eigenvalue weighted by atomic mass is 10.2. The predicted octanol–water partition coefficient (Wildman–Crippen LogP) is -0.272. The molecule has 0 aliphatic heterocycles. The van der Waals surface area contributed by atoms with E-state index in [1.165, 1.54) is 0 Å². The summed E-state index contributed by atoms with van der Waals surface area (Å²) in [6.07, 6.45) is 1.01. The molecular weight excluding hydrogens is 130 g/mol. The molecule has 0 heterocycles. The molecule has 10 heavy (non-hydrogen) atoms. The van der Waals surface area contributed by atoms with E-state index in [-0.39, 0.29) is 19.3 Å². The van der Waals surface area contributed by atoms with Crippen molar-refractivity contribution in [2.45, 2.75) is 32.4 Å². The molecule has 3 N–H and O–H groups in total. The van der Waals surface area contributed by atoms with Gasteiger partial charge in [-0.15, -0.1) is 0 Å². The highest BCUT2D eigenvalue weighted by Crippen LogP contribution is 1.90. The van der Waals surface area contributed by atoms with E-state index >= 15 is 0 Å². The Morgan fingerprint density at radius 2 is 1.80 bits per heavy atom. The first-order valence-electron chi connectivity index (χ1n) is 3.72. The van der Waals surface area contributed by atoms with Crippen LogP contribution in [0.4, 0.5) is 0 Å². The van der Waals surface area contributed by atoms with E-state index in [0.29, 0.717) is 6.04 Å². The number of aliphatic hydroxyl groups is 2. The van der Waals surface area contributed by atoms with Gasteiger partial charge in [-0.05, 0) is 13.3 Å². The van der Waals surface area contributed by atoms with Crippen LogP contribution in [0.5, 0.6) is 0 Å². The van der Waals surface area contributed by atoms with Gasteiger partial charge in [0.2, 0.25) is 0 Å². The number of nitrogens with one attached hydrogen (secondary N) is 1. The Kier molecular flexibility index (Phi) is 5.58. The number of hydrogen-bond acceptors (Lipinski definition) is 3. The zero-order valence-electron chi connectivity index (χ0n) is 6.67. The van der Waals surface area contributed by atoms with E-state index in [1.54, 1.807) is 0 Å². The molecule has 0 radical (unpaired) electrons. The van der Waals surface area contributed by atoms with Crippen LogP contribution in [0.3, 0.4) is 0 Å². The topological polar surface area (TPSA) is 52.5 Å².